The highest BCUT2D eigenvalue weighted by Crippen LogP contribution is 2.29. The Bertz CT molecular complexity index is 390. The third-order valence-corrected chi connectivity index (χ3v) is 3.49. The van der Waals surface area contributed by atoms with Gasteiger partial charge < -0.3 is 10.6 Å². The molecule has 0 aromatic heterocycles. The third kappa shape index (κ3) is 3.16. The molecule has 0 bridgehead atoms. The van der Waals surface area contributed by atoms with Crippen LogP contribution in [-0.2, 0) is 0 Å². The molecule has 4 heteroatoms. The predicted molar refractivity (Wildman–Crippen MR) is 77.4 cm³/mol. The molecule has 3 nitrogen and oxygen atoms in total. The number of anilines is 1. The van der Waals surface area contributed by atoms with Gasteiger partial charge in [-0.25, -0.2) is 0 Å². The maximum atomic E-state index is 7.76. The lowest BCUT2D eigenvalue weighted by Gasteiger charge is -2.26. The van der Waals surface area contributed by atoms with Crippen molar-refractivity contribution in [1.82, 2.24) is 0 Å². The van der Waals surface area contributed by atoms with E-state index in [0.717, 1.165) is 35.7 Å². The first-order valence-electron chi connectivity index (χ1n) is 5.92. The second kappa shape index (κ2) is 6.55. The third-order valence-electron chi connectivity index (χ3n) is 2.71. The van der Waals surface area contributed by atoms with Gasteiger partial charge in [-0.1, -0.05) is 13.0 Å². The molecule has 0 spiro atoms. The molecule has 0 fully saturated rings. The van der Waals surface area contributed by atoms with E-state index in [1.807, 2.05) is 18.4 Å². The first kappa shape index (κ1) is 13.9. The number of hydrogen-bond acceptors (Lipinski definition) is 3. The normalized spacial score (nSPS) is 10.3. The molecule has 17 heavy (non-hydrogen) atoms. The SMILES string of the molecule is CCCN(CC)c1cccc(SC)c1C(=N)N. The van der Waals surface area contributed by atoms with E-state index in [-0.39, 0.29) is 5.84 Å². The van der Waals surface area contributed by atoms with Gasteiger partial charge in [0, 0.05) is 23.7 Å². The fourth-order valence-electron chi connectivity index (χ4n) is 1.94. The maximum Gasteiger partial charge on any atom is 0.126 e. The van der Waals surface area contributed by atoms with Crippen molar-refractivity contribution in [2.45, 2.75) is 25.2 Å². The number of nitrogens with zero attached hydrogens (tertiary/aromatic N) is 1. The van der Waals surface area contributed by atoms with E-state index >= 15 is 0 Å². The van der Waals surface area contributed by atoms with Crippen LogP contribution in [0.3, 0.4) is 0 Å². The molecule has 3 N–H and O–H groups in total. The maximum absolute atomic E-state index is 7.76. The Morgan fingerprint density at radius 3 is 2.59 bits per heavy atom. The monoisotopic (exact) mass is 251 g/mol. The van der Waals surface area contributed by atoms with Crippen LogP contribution in [0, 0.1) is 5.41 Å². The van der Waals surface area contributed by atoms with Crippen molar-refractivity contribution in [2.24, 2.45) is 5.73 Å². The fraction of sp³-hybridized carbons (Fsp3) is 0.462. The lowest BCUT2D eigenvalue weighted by atomic mass is 10.1. The molecule has 0 atom stereocenters. The largest absolute Gasteiger partial charge is 0.384 e. The number of nitrogens with two attached hydrogens (primary N) is 1. The quantitative estimate of drug-likeness (QED) is 0.464. The topological polar surface area (TPSA) is 53.1 Å². The summed E-state index contributed by atoms with van der Waals surface area (Å²) in [5.74, 6) is 0.152. The zero-order valence-corrected chi connectivity index (χ0v) is 11.6. The van der Waals surface area contributed by atoms with Crippen LogP contribution in [0.5, 0.6) is 0 Å². The number of thioether (sulfide) groups is 1. The van der Waals surface area contributed by atoms with Gasteiger partial charge in [0.25, 0.3) is 0 Å². The van der Waals surface area contributed by atoms with Gasteiger partial charge in [-0.2, -0.15) is 0 Å². The van der Waals surface area contributed by atoms with Gasteiger partial charge in [0.05, 0.1) is 5.56 Å². The Labute approximate surface area is 108 Å². The summed E-state index contributed by atoms with van der Waals surface area (Å²) in [6, 6.07) is 6.10. The first-order valence-corrected chi connectivity index (χ1v) is 7.14. The van der Waals surface area contributed by atoms with Crippen molar-refractivity contribution < 1.29 is 0 Å². The van der Waals surface area contributed by atoms with Crippen LogP contribution < -0.4 is 10.6 Å². The van der Waals surface area contributed by atoms with E-state index in [4.69, 9.17) is 11.1 Å². The smallest absolute Gasteiger partial charge is 0.126 e. The van der Waals surface area contributed by atoms with Crippen molar-refractivity contribution in [3.05, 3.63) is 23.8 Å². The first-order chi connectivity index (χ1) is 8.15. The summed E-state index contributed by atoms with van der Waals surface area (Å²) in [4.78, 5) is 3.35. The Kier molecular flexibility index (Phi) is 5.35. The molecular weight excluding hydrogens is 230 g/mol. The van der Waals surface area contributed by atoms with Gasteiger partial charge in [0.1, 0.15) is 5.84 Å². The van der Waals surface area contributed by atoms with Crippen LogP contribution in [0.2, 0.25) is 0 Å². The summed E-state index contributed by atoms with van der Waals surface area (Å²) in [7, 11) is 0. The summed E-state index contributed by atoms with van der Waals surface area (Å²) in [5, 5.41) is 7.76. The Balaban J connectivity index is 3.25. The van der Waals surface area contributed by atoms with Crippen LogP contribution in [-0.4, -0.2) is 25.2 Å². The molecule has 0 saturated heterocycles. The van der Waals surface area contributed by atoms with Gasteiger partial charge in [0.15, 0.2) is 0 Å². The molecule has 1 aromatic rings. The van der Waals surface area contributed by atoms with E-state index < -0.39 is 0 Å². The molecule has 0 saturated carbocycles. The summed E-state index contributed by atoms with van der Waals surface area (Å²) in [5.41, 5.74) is 7.67. The number of nitrogens with one attached hydrogen (secondary N) is 1. The summed E-state index contributed by atoms with van der Waals surface area (Å²) < 4.78 is 0. The molecule has 0 unspecified atom stereocenters. The lowest BCUT2D eigenvalue weighted by Crippen LogP contribution is -2.27. The van der Waals surface area contributed by atoms with Crippen LogP contribution in [0.4, 0.5) is 5.69 Å². The van der Waals surface area contributed by atoms with Gasteiger partial charge >= 0.3 is 0 Å². The highest BCUT2D eigenvalue weighted by Gasteiger charge is 2.14. The number of hydrogen-bond donors (Lipinski definition) is 2. The summed E-state index contributed by atoms with van der Waals surface area (Å²) in [6.07, 6.45) is 3.11. The zero-order chi connectivity index (χ0) is 12.8. The fourth-order valence-corrected chi connectivity index (χ4v) is 2.58. The van der Waals surface area contributed by atoms with Crippen LogP contribution >= 0.6 is 11.8 Å². The highest BCUT2D eigenvalue weighted by atomic mass is 32.2. The van der Waals surface area contributed by atoms with Crippen molar-refractivity contribution in [1.29, 1.82) is 5.41 Å². The van der Waals surface area contributed by atoms with Crippen LogP contribution in [0.25, 0.3) is 0 Å². The molecule has 0 radical (unpaired) electrons. The minimum atomic E-state index is 0.152. The molecule has 0 amide bonds. The average molecular weight is 251 g/mol. The standard InChI is InChI=1S/C13H21N3S/c1-4-9-16(5-2)10-7-6-8-11(17-3)12(10)13(14)15/h6-8H,4-5,9H2,1-3H3,(H3,14,15). The molecule has 0 aliphatic carbocycles. The van der Waals surface area contributed by atoms with Crippen molar-refractivity contribution >= 4 is 23.3 Å². The van der Waals surface area contributed by atoms with E-state index in [0.29, 0.717) is 0 Å². The summed E-state index contributed by atoms with van der Waals surface area (Å²) >= 11 is 1.64. The average Bonchev–Trinajstić information content (AvgIpc) is 2.34. The van der Waals surface area contributed by atoms with E-state index in [2.05, 4.69) is 24.8 Å². The van der Waals surface area contributed by atoms with Gasteiger partial charge in [-0.3, -0.25) is 5.41 Å². The van der Waals surface area contributed by atoms with E-state index in [9.17, 15) is 0 Å². The Morgan fingerprint density at radius 2 is 2.12 bits per heavy atom. The molecule has 0 heterocycles. The number of rotatable bonds is 6. The number of amidine groups is 1. The van der Waals surface area contributed by atoms with Crippen LogP contribution in [0.1, 0.15) is 25.8 Å². The summed E-state index contributed by atoms with van der Waals surface area (Å²) in [6.45, 7) is 6.22. The van der Waals surface area contributed by atoms with Gasteiger partial charge in [-0.05, 0) is 31.7 Å². The second-order valence-corrected chi connectivity index (χ2v) is 4.70. The predicted octanol–water partition coefficient (Wildman–Crippen LogP) is 2.93. The van der Waals surface area contributed by atoms with Crippen molar-refractivity contribution in [3.8, 4) is 0 Å². The number of benzene rings is 1. The van der Waals surface area contributed by atoms with Crippen molar-refractivity contribution in [3.63, 3.8) is 0 Å². The zero-order valence-electron chi connectivity index (χ0n) is 10.8. The minimum Gasteiger partial charge on any atom is -0.384 e. The molecule has 1 rings (SSSR count). The Hall–Kier alpha value is -1.16. The molecule has 94 valence electrons. The van der Waals surface area contributed by atoms with Gasteiger partial charge in [0.2, 0.25) is 0 Å². The highest BCUT2D eigenvalue weighted by molar-refractivity contribution is 7.98. The number of nitrogen functional groups attached to an aromatic ring is 1. The molecule has 0 aliphatic heterocycles. The van der Waals surface area contributed by atoms with E-state index in [1.165, 1.54) is 0 Å². The molecular formula is C13H21N3S. The molecule has 1 aromatic carbocycles. The van der Waals surface area contributed by atoms with Gasteiger partial charge in [-0.15, -0.1) is 11.8 Å². The van der Waals surface area contributed by atoms with Crippen molar-refractivity contribution in [2.75, 3.05) is 24.2 Å². The van der Waals surface area contributed by atoms with Crippen LogP contribution in [0.15, 0.2) is 23.1 Å². The minimum absolute atomic E-state index is 0.152. The second-order valence-electron chi connectivity index (χ2n) is 3.85. The lowest BCUT2D eigenvalue weighted by molar-refractivity contribution is 0.789. The Morgan fingerprint density at radius 1 is 1.41 bits per heavy atom. The molecule has 0 aliphatic rings. The van der Waals surface area contributed by atoms with E-state index in [1.54, 1.807) is 11.8 Å².